The maximum atomic E-state index is 13.6. The summed E-state index contributed by atoms with van der Waals surface area (Å²) in [4.78, 5) is 12.2. The Morgan fingerprint density at radius 2 is 1.91 bits per heavy atom. The molecule has 4 nitrogen and oxygen atoms in total. The minimum atomic E-state index is -0.838. The predicted molar refractivity (Wildman–Crippen MR) is 82.7 cm³/mol. The third-order valence-electron chi connectivity index (χ3n) is 3.17. The number of hydrogen-bond donors (Lipinski definition) is 1. The molecule has 23 heavy (non-hydrogen) atoms. The molecule has 0 bridgehead atoms. The number of carbonyl (C=O) groups excluding carboxylic acids is 1. The van der Waals surface area contributed by atoms with Crippen molar-refractivity contribution in [1.29, 1.82) is 0 Å². The van der Waals surface area contributed by atoms with Crippen molar-refractivity contribution in [2.24, 2.45) is 0 Å². The summed E-state index contributed by atoms with van der Waals surface area (Å²) >= 11 is 0. The highest BCUT2D eigenvalue weighted by Gasteiger charge is 2.20. The predicted octanol–water partition coefficient (Wildman–Crippen LogP) is 3.77. The van der Waals surface area contributed by atoms with E-state index in [-0.39, 0.29) is 5.69 Å². The fourth-order valence-electron chi connectivity index (χ4n) is 1.97. The summed E-state index contributed by atoms with van der Waals surface area (Å²) in [6, 6.07) is 9.77. The third kappa shape index (κ3) is 4.42. The summed E-state index contributed by atoms with van der Waals surface area (Å²) < 4.78 is 37.2. The van der Waals surface area contributed by atoms with Crippen molar-refractivity contribution in [2.75, 3.05) is 12.4 Å². The van der Waals surface area contributed by atoms with Gasteiger partial charge in [0, 0.05) is 12.1 Å². The number of amides is 1. The van der Waals surface area contributed by atoms with Crippen molar-refractivity contribution in [3.05, 3.63) is 54.1 Å². The number of hydrogen-bond acceptors (Lipinski definition) is 3. The van der Waals surface area contributed by atoms with Gasteiger partial charge in [-0.25, -0.2) is 8.78 Å². The van der Waals surface area contributed by atoms with E-state index in [1.165, 1.54) is 13.2 Å². The second kappa shape index (κ2) is 7.58. The van der Waals surface area contributed by atoms with E-state index in [4.69, 9.17) is 9.47 Å². The minimum Gasteiger partial charge on any atom is -0.497 e. The summed E-state index contributed by atoms with van der Waals surface area (Å²) in [6.45, 7) is 1.77. The van der Waals surface area contributed by atoms with Crippen molar-refractivity contribution < 1.29 is 23.0 Å². The molecule has 0 aliphatic carbocycles. The van der Waals surface area contributed by atoms with E-state index in [1.807, 2.05) is 0 Å². The normalized spacial score (nSPS) is 11.7. The van der Waals surface area contributed by atoms with Crippen molar-refractivity contribution >= 4 is 11.6 Å². The molecule has 2 rings (SSSR count). The van der Waals surface area contributed by atoms with E-state index in [1.54, 1.807) is 31.2 Å². The van der Waals surface area contributed by atoms with Crippen molar-refractivity contribution in [3.8, 4) is 11.5 Å². The number of ether oxygens (including phenoxy) is 2. The Bertz CT molecular complexity index is 691. The first-order valence-corrected chi connectivity index (χ1v) is 7.10. The molecular weight excluding hydrogens is 304 g/mol. The zero-order valence-corrected chi connectivity index (χ0v) is 12.8. The molecule has 0 aliphatic heterocycles. The van der Waals surface area contributed by atoms with E-state index in [9.17, 15) is 13.6 Å². The second-order valence-corrected chi connectivity index (χ2v) is 4.81. The molecule has 0 fully saturated rings. The van der Waals surface area contributed by atoms with Gasteiger partial charge < -0.3 is 14.8 Å². The molecule has 0 saturated carbocycles. The average Bonchev–Trinajstić information content (AvgIpc) is 2.55. The number of carbonyl (C=O) groups is 1. The lowest BCUT2D eigenvalue weighted by molar-refractivity contribution is -0.122. The molecule has 0 aromatic heterocycles. The van der Waals surface area contributed by atoms with Gasteiger partial charge in [0.15, 0.2) is 6.10 Å². The van der Waals surface area contributed by atoms with Crippen LogP contribution in [-0.4, -0.2) is 19.1 Å². The van der Waals surface area contributed by atoms with Crippen LogP contribution in [0.15, 0.2) is 42.5 Å². The largest absolute Gasteiger partial charge is 0.497 e. The molecule has 0 heterocycles. The van der Waals surface area contributed by atoms with Crippen LogP contribution in [0.2, 0.25) is 0 Å². The standard InChI is InChI=1S/C17H17F2NO3/c1-3-16(23-13-6-4-5-12(10-13)22-2)17(21)20-15-8-7-11(18)9-14(15)19/h4-10,16H,3H2,1-2H3,(H,20,21). The molecule has 0 radical (unpaired) electrons. The first kappa shape index (κ1) is 16.7. The highest BCUT2D eigenvalue weighted by molar-refractivity contribution is 5.94. The molecule has 1 amide bonds. The van der Waals surface area contributed by atoms with E-state index >= 15 is 0 Å². The number of nitrogens with one attached hydrogen (secondary N) is 1. The first-order chi connectivity index (χ1) is 11.0. The van der Waals surface area contributed by atoms with Gasteiger partial charge in [-0.15, -0.1) is 0 Å². The van der Waals surface area contributed by atoms with Crippen molar-refractivity contribution in [1.82, 2.24) is 0 Å². The van der Waals surface area contributed by atoms with Gasteiger partial charge in [0.25, 0.3) is 5.91 Å². The maximum Gasteiger partial charge on any atom is 0.265 e. The summed E-state index contributed by atoms with van der Waals surface area (Å²) in [6.07, 6.45) is -0.433. The minimum absolute atomic E-state index is 0.0934. The molecule has 1 atom stereocenters. The number of methoxy groups -OCH3 is 1. The van der Waals surface area contributed by atoms with Gasteiger partial charge in [-0.05, 0) is 30.7 Å². The molecule has 2 aromatic carbocycles. The molecule has 0 saturated heterocycles. The van der Waals surface area contributed by atoms with Crippen LogP contribution in [0.4, 0.5) is 14.5 Å². The van der Waals surface area contributed by atoms with E-state index in [0.29, 0.717) is 24.0 Å². The van der Waals surface area contributed by atoms with Crippen molar-refractivity contribution in [3.63, 3.8) is 0 Å². The molecule has 1 unspecified atom stereocenters. The van der Waals surface area contributed by atoms with Gasteiger partial charge in [-0.1, -0.05) is 13.0 Å². The van der Waals surface area contributed by atoms with Crippen LogP contribution >= 0.6 is 0 Å². The highest BCUT2D eigenvalue weighted by atomic mass is 19.1. The summed E-state index contributed by atoms with van der Waals surface area (Å²) in [5, 5.41) is 2.40. The quantitative estimate of drug-likeness (QED) is 0.881. The number of anilines is 1. The molecule has 122 valence electrons. The third-order valence-corrected chi connectivity index (χ3v) is 3.17. The van der Waals surface area contributed by atoms with Crippen LogP contribution in [0.5, 0.6) is 11.5 Å². The molecule has 0 spiro atoms. The first-order valence-electron chi connectivity index (χ1n) is 7.10. The Morgan fingerprint density at radius 3 is 2.57 bits per heavy atom. The van der Waals surface area contributed by atoms with Crippen LogP contribution < -0.4 is 14.8 Å². The van der Waals surface area contributed by atoms with Crippen LogP contribution in [0.25, 0.3) is 0 Å². The lowest BCUT2D eigenvalue weighted by atomic mass is 10.2. The number of halogens is 2. The van der Waals surface area contributed by atoms with Crippen LogP contribution in [0.1, 0.15) is 13.3 Å². The van der Waals surface area contributed by atoms with E-state index < -0.39 is 23.6 Å². The van der Waals surface area contributed by atoms with E-state index in [2.05, 4.69) is 5.32 Å². The summed E-state index contributed by atoms with van der Waals surface area (Å²) in [5.41, 5.74) is -0.0934. The molecule has 2 aromatic rings. The van der Waals surface area contributed by atoms with Crippen LogP contribution in [0.3, 0.4) is 0 Å². The molecule has 0 aliphatic rings. The number of rotatable bonds is 6. The lowest BCUT2D eigenvalue weighted by Gasteiger charge is -2.18. The Balaban J connectivity index is 2.08. The van der Waals surface area contributed by atoms with Gasteiger partial charge >= 0.3 is 0 Å². The molecule has 1 N–H and O–H groups in total. The molecule has 6 heteroatoms. The summed E-state index contributed by atoms with van der Waals surface area (Å²) in [5.74, 6) is -0.996. The fraction of sp³-hybridized carbons (Fsp3) is 0.235. The highest BCUT2D eigenvalue weighted by Crippen LogP contribution is 2.21. The van der Waals surface area contributed by atoms with Gasteiger partial charge in [0.2, 0.25) is 0 Å². The van der Waals surface area contributed by atoms with Crippen LogP contribution in [0, 0.1) is 11.6 Å². The Labute approximate surface area is 133 Å². The van der Waals surface area contributed by atoms with Gasteiger partial charge in [0.05, 0.1) is 12.8 Å². The fourth-order valence-corrected chi connectivity index (χ4v) is 1.97. The van der Waals surface area contributed by atoms with Gasteiger partial charge in [-0.2, -0.15) is 0 Å². The lowest BCUT2D eigenvalue weighted by Crippen LogP contribution is -2.32. The number of benzene rings is 2. The van der Waals surface area contributed by atoms with Gasteiger partial charge in [0.1, 0.15) is 23.1 Å². The summed E-state index contributed by atoms with van der Waals surface area (Å²) in [7, 11) is 1.53. The van der Waals surface area contributed by atoms with Crippen molar-refractivity contribution in [2.45, 2.75) is 19.4 Å². The topological polar surface area (TPSA) is 47.6 Å². The monoisotopic (exact) mass is 321 g/mol. The zero-order valence-electron chi connectivity index (χ0n) is 12.8. The Kier molecular flexibility index (Phi) is 5.51. The Hall–Kier alpha value is -2.63. The smallest absolute Gasteiger partial charge is 0.265 e. The van der Waals surface area contributed by atoms with Crippen LogP contribution in [-0.2, 0) is 4.79 Å². The second-order valence-electron chi connectivity index (χ2n) is 4.81. The van der Waals surface area contributed by atoms with E-state index in [0.717, 1.165) is 6.07 Å². The van der Waals surface area contributed by atoms with Gasteiger partial charge in [-0.3, -0.25) is 4.79 Å². The average molecular weight is 321 g/mol. The maximum absolute atomic E-state index is 13.6. The zero-order chi connectivity index (χ0) is 16.8. The SMILES string of the molecule is CCC(Oc1cccc(OC)c1)C(=O)Nc1ccc(F)cc1F. The molecular formula is C17H17F2NO3. The Morgan fingerprint density at radius 1 is 1.17 bits per heavy atom.